The fourth-order valence-electron chi connectivity index (χ4n) is 2.69. The SMILES string of the molecule is COC(=O)C(C(=O)OC)[C@H]1COc2ccc(OC)cc2[C@@H]1C#N. The van der Waals surface area contributed by atoms with Gasteiger partial charge in [0.2, 0.25) is 0 Å². The maximum absolute atomic E-state index is 12.0. The lowest BCUT2D eigenvalue weighted by Crippen LogP contribution is -2.41. The summed E-state index contributed by atoms with van der Waals surface area (Å²) in [7, 11) is 3.87. The summed E-state index contributed by atoms with van der Waals surface area (Å²) in [5, 5.41) is 9.58. The predicted molar refractivity (Wildman–Crippen MR) is 77.9 cm³/mol. The first-order valence-corrected chi connectivity index (χ1v) is 6.93. The zero-order valence-corrected chi connectivity index (χ0v) is 13.1. The molecule has 7 nitrogen and oxygen atoms in total. The van der Waals surface area contributed by atoms with Gasteiger partial charge in [0.1, 0.15) is 11.5 Å². The molecule has 0 amide bonds. The summed E-state index contributed by atoms with van der Waals surface area (Å²) in [4.78, 5) is 24.0. The lowest BCUT2D eigenvalue weighted by molar-refractivity contribution is -0.162. The van der Waals surface area contributed by atoms with Crippen molar-refractivity contribution in [3.8, 4) is 17.6 Å². The Morgan fingerprint density at radius 1 is 1.26 bits per heavy atom. The number of rotatable bonds is 4. The first kappa shape index (κ1) is 16.6. The second kappa shape index (κ2) is 7.01. The topological polar surface area (TPSA) is 94.9 Å². The molecule has 122 valence electrons. The molecule has 2 atom stereocenters. The molecule has 0 spiro atoms. The highest BCUT2D eigenvalue weighted by atomic mass is 16.5. The van der Waals surface area contributed by atoms with E-state index in [-0.39, 0.29) is 6.61 Å². The van der Waals surface area contributed by atoms with Gasteiger partial charge in [0, 0.05) is 11.5 Å². The van der Waals surface area contributed by atoms with Crippen LogP contribution < -0.4 is 9.47 Å². The number of carbonyl (C=O) groups excluding carboxylic acids is 2. The minimum Gasteiger partial charge on any atom is -0.497 e. The van der Waals surface area contributed by atoms with Crippen molar-refractivity contribution in [3.63, 3.8) is 0 Å². The lowest BCUT2D eigenvalue weighted by atomic mass is 9.77. The van der Waals surface area contributed by atoms with Gasteiger partial charge in [-0.3, -0.25) is 9.59 Å². The van der Waals surface area contributed by atoms with Crippen LogP contribution in [0.3, 0.4) is 0 Å². The van der Waals surface area contributed by atoms with E-state index in [0.717, 1.165) is 0 Å². The van der Waals surface area contributed by atoms with Gasteiger partial charge in [-0.15, -0.1) is 0 Å². The van der Waals surface area contributed by atoms with E-state index in [0.29, 0.717) is 17.1 Å². The minimum atomic E-state index is -1.23. The molecule has 23 heavy (non-hydrogen) atoms. The average molecular weight is 319 g/mol. The highest BCUT2D eigenvalue weighted by Gasteiger charge is 2.45. The van der Waals surface area contributed by atoms with Gasteiger partial charge in [-0.1, -0.05) is 0 Å². The molecule has 2 rings (SSSR count). The van der Waals surface area contributed by atoms with Gasteiger partial charge in [0.05, 0.1) is 39.9 Å². The third-order valence-corrected chi connectivity index (χ3v) is 3.89. The Kier molecular flexibility index (Phi) is 5.06. The molecular weight excluding hydrogens is 302 g/mol. The Hall–Kier alpha value is -2.75. The number of carbonyl (C=O) groups is 2. The van der Waals surface area contributed by atoms with Gasteiger partial charge in [-0.05, 0) is 18.2 Å². The van der Waals surface area contributed by atoms with Gasteiger partial charge in [-0.25, -0.2) is 0 Å². The molecule has 0 unspecified atom stereocenters. The van der Waals surface area contributed by atoms with Crippen molar-refractivity contribution in [2.45, 2.75) is 5.92 Å². The fraction of sp³-hybridized carbons (Fsp3) is 0.438. The van der Waals surface area contributed by atoms with Crippen molar-refractivity contribution in [1.29, 1.82) is 5.26 Å². The van der Waals surface area contributed by atoms with Crippen molar-refractivity contribution in [1.82, 2.24) is 0 Å². The maximum Gasteiger partial charge on any atom is 0.320 e. The van der Waals surface area contributed by atoms with E-state index in [4.69, 9.17) is 9.47 Å². The van der Waals surface area contributed by atoms with Crippen molar-refractivity contribution >= 4 is 11.9 Å². The number of methoxy groups -OCH3 is 3. The molecule has 0 N–H and O–H groups in total. The van der Waals surface area contributed by atoms with Gasteiger partial charge >= 0.3 is 11.9 Å². The van der Waals surface area contributed by atoms with E-state index in [2.05, 4.69) is 15.5 Å². The van der Waals surface area contributed by atoms with Crippen molar-refractivity contribution < 1.29 is 28.5 Å². The molecule has 1 aromatic carbocycles. The molecule has 0 aromatic heterocycles. The van der Waals surface area contributed by atoms with E-state index in [9.17, 15) is 14.9 Å². The average Bonchev–Trinajstić information content (AvgIpc) is 2.60. The largest absolute Gasteiger partial charge is 0.497 e. The summed E-state index contributed by atoms with van der Waals surface area (Å²) in [6.45, 7) is 0.0341. The third-order valence-electron chi connectivity index (χ3n) is 3.89. The summed E-state index contributed by atoms with van der Waals surface area (Å²) in [6.07, 6.45) is 0. The second-order valence-corrected chi connectivity index (χ2v) is 5.01. The van der Waals surface area contributed by atoms with Crippen molar-refractivity contribution in [3.05, 3.63) is 23.8 Å². The summed E-state index contributed by atoms with van der Waals surface area (Å²) in [6, 6.07) is 7.22. The number of esters is 2. The van der Waals surface area contributed by atoms with E-state index >= 15 is 0 Å². The Morgan fingerprint density at radius 3 is 2.43 bits per heavy atom. The molecule has 7 heteroatoms. The molecule has 1 aliphatic rings. The summed E-state index contributed by atoms with van der Waals surface area (Å²) >= 11 is 0. The molecule has 1 aliphatic heterocycles. The highest BCUT2D eigenvalue weighted by Crippen LogP contribution is 2.42. The molecule has 0 saturated carbocycles. The molecular formula is C16H17NO6. The summed E-state index contributed by atoms with van der Waals surface area (Å²) < 4.78 is 20.1. The molecule has 1 aromatic rings. The van der Waals surface area contributed by atoms with Crippen LogP contribution in [0.25, 0.3) is 0 Å². The van der Waals surface area contributed by atoms with E-state index in [1.807, 2.05) is 0 Å². The number of hydrogen-bond donors (Lipinski definition) is 0. The van der Waals surface area contributed by atoms with Crippen LogP contribution in [0.5, 0.6) is 11.5 Å². The molecule has 1 heterocycles. The number of nitrogens with zero attached hydrogens (tertiary/aromatic N) is 1. The van der Waals surface area contributed by atoms with E-state index < -0.39 is 29.7 Å². The Labute approximate surface area is 133 Å². The van der Waals surface area contributed by atoms with Crippen LogP contribution in [0, 0.1) is 23.2 Å². The van der Waals surface area contributed by atoms with Crippen LogP contribution in [-0.2, 0) is 19.1 Å². The molecule has 0 saturated heterocycles. The molecule has 0 bridgehead atoms. The van der Waals surface area contributed by atoms with Crippen molar-refractivity contribution in [2.24, 2.45) is 11.8 Å². The van der Waals surface area contributed by atoms with E-state index in [1.165, 1.54) is 21.3 Å². The Morgan fingerprint density at radius 2 is 1.91 bits per heavy atom. The van der Waals surface area contributed by atoms with Crippen LogP contribution in [0.2, 0.25) is 0 Å². The highest BCUT2D eigenvalue weighted by molar-refractivity contribution is 5.95. The quantitative estimate of drug-likeness (QED) is 0.609. The first-order chi connectivity index (χ1) is 11.1. The Bertz CT molecular complexity index is 634. The third kappa shape index (κ3) is 3.06. The Balaban J connectivity index is 2.45. The first-order valence-electron chi connectivity index (χ1n) is 6.93. The minimum absolute atomic E-state index is 0.0341. The number of nitriles is 1. The van der Waals surface area contributed by atoms with Crippen LogP contribution >= 0.6 is 0 Å². The standard InChI is InChI=1S/C16H17NO6/c1-20-9-4-5-13-10(6-9)11(7-17)12(8-23-13)14(15(18)21-2)16(19)22-3/h4-6,11-12,14H,8H2,1-3H3/t11-,12-/m0/s1. The number of hydrogen-bond acceptors (Lipinski definition) is 7. The van der Waals surface area contributed by atoms with Crippen LogP contribution in [0.1, 0.15) is 11.5 Å². The van der Waals surface area contributed by atoms with Crippen LogP contribution in [0.4, 0.5) is 0 Å². The van der Waals surface area contributed by atoms with Crippen LogP contribution in [0.15, 0.2) is 18.2 Å². The smallest absolute Gasteiger partial charge is 0.320 e. The summed E-state index contributed by atoms with van der Waals surface area (Å²) in [5.41, 5.74) is 0.570. The van der Waals surface area contributed by atoms with Gasteiger partial charge in [0.15, 0.2) is 5.92 Å². The molecule has 0 aliphatic carbocycles. The second-order valence-electron chi connectivity index (χ2n) is 5.01. The predicted octanol–water partition coefficient (Wildman–Crippen LogP) is 1.27. The van der Waals surface area contributed by atoms with E-state index in [1.54, 1.807) is 18.2 Å². The zero-order chi connectivity index (χ0) is 17.0. The zero-order valence-electron chi connectivity index (χ0n) is 13.1. The lowest BCUT2D eigenvalue weighted by Gasteiger charge is -2.32. The maximum atomic E-state index is 12.0. The monoisotopic (exact) mass is 319 g/mol. The van der Waals surface area contributed by atoms with Gasteiger partial charge in [-0.2, -0.15) is 5.26 Å². The fourth-order valence-corrected chi connectivity index (χ4v) is 2.69. The molecule has 0 fully saturated rings. The number of ether oxygens (including phenoxy) is 4. The van der Waals surface area contributed by atoms with Gasteiger partial charge < -0.3 is 18.9 Å². The molecule has 0 radical (unpaired) electrons. The summed E-state index contributed by atoms with van der Waals surface area (Å²) in [5.74, 6) is -3.08. The number of fused-ring (bicyclic) bond motifs is 1. The van der Waals surface area contributed by atoms with Crippen molar-refractivity contribution in [2.75, 3.05) is 27.9 Å². The van der Waals surface area contributed by atoms with Gasteiger partial charge in [0.25, 0.3) is 0 Å². The van der Waals surface area contributed by atoms with Crippen LogP contribution in [-0.4, -0.2) is 39.9 Å². The number of benzene rings is 1. The normalized spacial score (nSPS) is 19.1.